The first-order chi connectivity index (χ1) is 12.1. The number of aromatic nitrogens is 2. The molecule has 0 unspecified atom stereocenters. The van der Waals surface area contributed by atoms with Gasteiger partial charge in [-0.2, -0.15) is 26.3 Å². The number of hydrogen-bond donors (Lipinski definition) is 0. The summed E-state index contributed by atoms with van der Waals surface area (Å²) in [5.74, 6) is -0.115. The number of nitrogens with zero attached hydrogens (tertiary/aromatic N) is 2. The van der Waals surface area contributed by atoms with E-state index in [0.717, 1.165) is 0 Å². The average molecular weight is 376 g/mol. The smallest absolute Gasteiger partial charge is 0.422 e. The molecule has 138 valence electrons. The molecule has 2 heterocycles. The molecule has 1 aromatic carbocycles. The fourth-order valence-corrected chi connectivity index (χ4v) is 2.35. The topological polar surface area (TPSA) is 44.2 Å². The number of benzene rings is 1. The Balaban J connectivity index is 2.04. The molecule has 0 bridgehead atoms. The summed E-state index contributed by atoms with van der Waals surface area (Å²) in [7, 11) is 0. The van der Waals surface area contributed by atoms with Gasteiger partial charge in [-0.3, -0.25) is 9.97 Å². The zero-order valence-electron chi connectivity index (χ0n) is 12.9. The lowest BCUT2D eigenvalue weighted by Crippen LogP contribution is -2.19. The average Bonchev–Trinajstić information content (AvgIpc) is 2.56. The zero-order chi connectivity index (χ0) is 18.9. The first-order valence-electron chi connectivity index (χ1n) is 7.19. The molecule has 10 heteroatoms. The van der Waals surface area contributed by atoms with Crippen LogP contribution < -0.4 is 9.47 Å². The molecule has 26 heavy (non-hydrogen) atoms. The largest absolute Gasteiger partial charge is 0.483 e. The van der Waals surface area contributed by atoms with Crippen molar-refractivity contribution in [2.75, 3.05) is 13.2 Å². The molecule has 0 aliphatic carbocycles. The van der Waals surface area contributed by atoms with E-state index in [1.165, 1.54) is 36.7 Å². The Morgan fingerprint density at radius 3 is 1.38 bits per heavy atom. The summed E-state index contributed by atoms with van der Waals surface area (Å²) >= 11 is 0. The molecule has 4 nitrogen and oxygen atoms in total. The molecule has 0 fully saturated rings. The quantitative estimate of drug-likeness (QED) is 0.491. The van der Waals surface area contributed by atoms with Gasteiger partial charge in [0.15, 0.2) is 13.2 Å². The fourth-order valence-electron chi connectivity index (χ4n) is 2.35. The predicted molar refractivity (Wildman–Crippen MR) is 80.1 cm³/mol. The summed E-state index contributed by atoms with van der Waals surface area (Å²) in [4.78, 5) is 8.13. The molecule has 0 saturated heterocycles. The minimum Gasteiger partial charge on any atom is -0.483 e. The molecule has 0 spiro atoms. The van der Waals surface area contributed by atoms with Gasteiger partial charge in [0.25, 0.3) is 0 Å². The van der Waals surface area contributed by atoms with Gasteiger partial charge < -0.3 is 9.47 Å². The molecular formula is C16H10F6N2O2. The van der Waals surface area contributed by atoms with Crippen molar-refractivity contribution >= 4 is 21.8 Å². The van der Waals surface area contributed by atoms with Gasteiger partial charge in [0.2, 0.25) is 0 Å². The summed E-state index contributed by atoms with van der Waals surface area (Å²) in [6.45, 7) is -2.96. The molecule has 0 aliphatic rings. The normalized spacial score (nSPS) is 12.5. The van der Waals surface area contributed by atoms with Crippen molar-refractivity contribution in [2.45, 2.75) is 12.4 Å². The number of pyridine rings is 2. The molecule has 0 aliphatic heterocycles. The minimum absolute atomic E-state index is 0.0577. The van der Waals surface area contributed by atoms with Crippen LogP contribution in [0.2, 0.25) is 0 Å². The number of halogens is 6. The van der Waals surface area contributed by atoms with Crippen LogP contribution in [-0.4, -0.2) is 35.5 Å². The van der Waals surface area contributed by atoms with Gasteiger partial charge in [-0.15, -0.1) is 0 Å². The Labute approximate surface area is 142 Å². The van der Waals surface area contributed by atoms with Crippen molar-refractivity contribution in [1.29, 1.82) is 0 Å². The van der Waals surface area contributed by atoms with Gasteiger partial charge in [0, 0.05) is 23.2 Å². The Hall–Kier alpha value is -2.78. The van der Waals surface area contributed by atoms with Crippen molar-refractivity contribution in [3.63, 3.8) is 0 Å². The third-order valence-corrected chi connectivity index (χ3v) is 3.32. The van der Waals surface area contributed by atoms with Gasteiger partial charge >= 0.3 is 12.4 Å². The maximum absolute atomic E-state index is 12.4. The van der Waals surface area contributed by atoms with Crippen molar-refractivity contribution < 1.29 is 35.8 Å². The van der Waals surface area contributed by atoms with E-state index < -0.39 is 25.6 Å². The van der Waals surface area contributed by atoms with E-state index in [1.54, 1.807) is 0 Å². The molecule has 0 saturated carbocycles. The standard InChI is InChI=1S/C16H10F6N2O2/c17-15(18,19)7-25-11-3-5-23-13-9(11)1-2-10-12(4-6-24-14(10)13)26-8-16(20,21)22/h1-6H,7-8H2. The third kappa shape index (κ3) is 4.06. The molecular weight excluding hydrogens is 366 g/mol. The van der Waals surface area contributed by atoms with Gasteiger partial charge in [-0.1, -0.05) is 0 Å². The lowest BCUT2D eigenvalue weighted by atomic mass is 10.1. The minimum atomic E-state index is -4.51. The van der Waals surface area contributed by atoms with Crippen molar-refractivity contribution in [3.8, 4) is 11.5 Å². The van der Waals surface area contributed by atoms with Crippen molar-refractivity contribution in [3.05, 3.63) is 36.7 Å². The van der Waals surface area contributed by atoms with Gasteiger partial charge in [-0.25, -0.2) is 0 Å². The number of rotatable bonds is 4. The maximum Gasteiger partial charge on any atom is 0.422 e. The zero-order valence-corrected chi connectivity index (χ0v) is 12.9. The third-order valence-electron chi connectivity index (χ3n) is 3.32. The lowest BCUT2D eigenvalue weighted by molar-refractivity contribution is -0.153. The predicted octanol–water partition coefficient (Wildman–Crippen LogP) is 4.67. The molecule has 0 radical (unpaired) electrons. The Morgan fingerprint density at radius 2 is 1.04 bits per heavy atom. The summed E-state index contributed by atoms with van der Waals surface area (Å²) < 4.78 is 83.8. The van der Waals surface area contributed by atoms with Gasteiger partial charge in [-0.05, 0) is 24.3 Å². The molecule has 0 amide bonds. The van der Waals surface area contributed by atoms with Crippen LogP contribution >= 0.6 is 0 Å². The second-order valence-electron chi connectivity index (χ2n) is 5.28. The number of hydrogen-bond acceptors (Lipinski definition) is 4. The van der Waals surface area contributed by atoms with Crippen LogP contribution in [0.3, 0.4) is 0 Å². The van der Waals surface area contributed by atoms with E-state index in [4.69, 9.17) is 9.47 Å². The summed E-state index contributed by atoms with van der Waals surface area (Å²) in [6, 6.07) is 5.34. The summed E-state index contributed by atoms with van der Waals surface area (Å²) in [5.41, 5.74) is 0.388. The van der Waals surface area contributed by atoms with Crippen LogP contribution in [0.5, 0.6) is 11.5 Å². The van der Waals surface area contributed by atoms with Gasteiger partial charge in [0.1, 0.15) is 22.5 Å². The van der Waals surface area contributed by atoms with Crippen LogP contribution in [0.15, 0.2) is 36.7 Å². The van der Waals surface area contributed by atoms with E-state index in [1.807, 2.05) is 0 Å². The molecule has 3 aromatic rings. The van der Waals surface area contributed by atoms with Crippen molar-refractivity contribution in [2.24, 2.45) is 0 Å². The van der Waals surface area contributed by atoms with E-state index in [2.05, 4.69) is 9.97 Å². The monoisotopic (exact) mass is 376 g/mol. The van der Waals surface area contributed by atoms with E-state index in [-0.39, 0.29) is 33.3 Å². The highest BCUT2D eigenvalue weighted by atomic mass is 19.4. The van der Waals surface area contributed by atoms with Crippen LogP contribution in [0, 0.1) is 0 Å². The van der Waals surface area contributed by atoms with Crippen LogP contribution in [-0.2, 0) is 0 Å². The summed E-state index contributed by atoms with van der Waals surface area (Å²) in [5, 5.41) is 0.509. The Kier molecular flexibility index (Phi) is 4.51. The molecule has 0 atom stereocenters. The molecule has 3 rings (SSSR count). The van der Waals surface area contributed by atoms with Gasteiger partial charge in [0.05, 0.1) is 0 Å². The van der Waals surface area contributed by atoms with E-state index >= 15 is 0 Å². The second-order valence-corrected chi connectivity index (χ2v) is 5.28. The first kappa shape index (κ1) is 18.0. The van der Waals surface area contributed by atoms with Crippen LogP contribution in [0.4, 0.5) is 26.3 Å². The summed E-state index contributed by atoms with van der Waals surface area (Å²) in [6.07, 6.45) is -6.55. The van der Waals surface area contributed by atoms with E-state index in [9.17, 15) is 26.3 Å². The lowest BCUT2D eigenvalue weighted by Gasteiger charge is -2.13. The highest BCUT2D eigenvalue weighted by Crippen LogP contribution is 2.34. The molecule has 0 N–H and O–H groups in total. The van der Waals surface area contributed by atoms with Crippen LogP contribution in [0.1, 0.15) is 0 Å². The fraction of sp³-hybridized carbons (Fsp3) is 0.250. The highest BCUT2D eigenvalue weighted by molar-refractivity contribution is 6.06. The van der Waals surface area contributed by atoms with Crippen LogP contribution in [0.25, 0.3) is 21.8 Å². The second kappa shape index (κ2) is 6.50. The maximum atomic E-state index is 12.4. The number of fused-ring (bicyclic) bond motifs is 3. The Morgan fingerprint density at radius 1 is 0.654 bits per heavy atom. The number of ether oxygens (including phenoxy) is 2. The van der Waals surface area contributed by atoms with Crippen molar-refractivity contribution in [1.82, 2.24) is 9.97 Å². The van der Waals surface area contributed by atoms with E-state index in [0.29, 0.717) is 0 Å². The SMILES string of the molecule is FC(F)(F)COc1ccnc2c1ccc1c(OCC(F)(F)F)ccnc12. The Bertz CT molecular complexity index is 863. The first-order valence-corrected chi connectivity index (χ1v) is 7.19. The molecule has 2 aromatic heterocycles. The highest BCUT2D eigenvalue weighted by Gasteiger charge is 2.29. The number of alkyl halides is 6.